The number of carbonyl (C=O) groups excluding carboxylic acids is 2. The molecule has 0 bridgehead atoms. The highest BCUT2D eigenvalue weighted by Crippen LogP contribution is 2.18. The van der Waals surface area contributed by atoms with Crippen molar-refractivity contribution >= 4 is 23.2 Å². The van der Waals surface area contributed by atoms with E-state index >= 15 is 0 Å². The fourth-order valence-corrected chi connectivity index (χ4v) is 2.25. The second kappa shape index (κ2) is 7.53. The zero-order valence-electron chi connectivity index (χ0n) is 11.6. The molecule has 0 fully saturated rings. The number of nitrogens with zero attached hydrogens (tertiary/aromatic N) is 2. The van der Waals surface area contributed by atoms with Gasteiger partial charge in [0, 0.05) is 30.3 Å². The molecule has 2 N–H and O–H groups in total. The molecule has 0 aromatic carbocycles. The number of hydrogen-bond acceptors (Lipinski definition) is 6. The van der Waals surface area contributed by atoms with E-state index in [1.807, 2.05) is 23.8 Å². The Kier molecular flexibility index (Phi) is 5.44. The molecular formula is C13H16N4O3S. The average Bonchev–Trinajstić information content (AvgIpc) is 3.13. The molecular weight excluding hydrogens is 292 g/mol. The monoisotopic (exact) mass is 308 g/mol. The van der Waals surface area contributed by atoms with Crippen LogP contribution in [0.3, 0.4) is 0 Å². The summed E-state index contributed by atoms with van der Waals surface area (Å²) in [7, 11) is 0. The van der Waals surface area contributed by atoms with Crippen molar-refractivity contribution in [2.75, 3.05) is 13.1 Å². The van der Waals surface area contributed by atoms with Crippen LogP contribution >= 0.6 is 11.3 Å². The lowest BCUT2D eigenvalue weighted by Crippen LogP contribution is -2.36. The molecule has 0 unspecified atom stereocenters. The number of carbonyl (C=O) groups is 2. The van der Waals surface area contributed by atoms with Gasteiger partial charge >= 0.3 is 0 Å². The van der Waals surface area contributed by atoms with E-state index in [9.17, 15) is 9.59 Å². The summed E-state index contributed by atoms with van der Waals surface area (Å²) in [6.07, 6.45) is 0.545. The minimum Gasteiger partial charge on any atom is -0.355 e. The minimum atomic E-state index is -0.225. The van der Waals surface area contributed by atoms with Gasteiger partial charge in [-0.05, 0) is 18.4 Å². The molecule has 0 atom stereocenters. The lowest BCUT2D eigenvalue weighted by atomic mass is 10.3. The highest BCUT2D eigenvalue weighted by atomic mass is 32.1. The topological polar surface area (TPSA) is 97.1 Å². The quantitative estimate of drug-likeness (QED) is 0.795. The second-order valence-electron chi connectivity index (χ2n) is 4.25. The van der Waals surface area contributed by atoms with Crippen molar-refractivity contribution in [3.8, 4) is 11.4 Å². The first-order chi connectivity index (χ1) is 10.2. The van der Waals surface area contributed by atoms with Crippen LogP contribution in [-0.4, -0.2) is 35.0 Å². The SMILES string of the molecule is CCNC(=O)CNC(=O)CCc1nc(-c2ccsc2)no1. The summed E-state index contributed by atoms with van der Waals surface area (Å²) >= 11 is 1.55. The van der Waals surface area contributed by atoms with Gasteiger partial charge in [0.15, 0.2) is 0 Å². The number of aromatic nitrogens is 2. The van der Waals surface area contributed by atoms with Crippen molar-refractivity contribution in [1.82, 2.24) is 20.8 Å². The fraction of sp³-hybridized carbons (Fsp3) is 0.385. The van der Waals surface area contributed by atoms with Gasteiger partial charge in [-0.1, -0.05) is 5.16 Å². The largest absolute Gasteiger partial charge is 0.355 e. The Morgan fingerprint density at radius 3 is 2.90 bits per heavy atom. The van der Waals surface area contributed by atoms with Gasteiger partial charge in [0.1, 0.15) is 0 Å². The predicted octanol–water partition coefficient (Wildman–Crippen LogP) is 0.983. The Morgan fingerprint density at radius 2 is 2.19 bits per heavy atom. The van der Waals surface area contributed by atoms with Gasteiger partial charge in [0.25, 0.3) is 0 Å². The van der Waals surface area contributed by atoms with Crippen LogP contribution in [0.25, 0.3) is 11.4 Å². The number of hydrogen-bond donors (Lipinski definition) is 2. The third-order valence-electron chi connectivity index (χ3n) is 2.63. The van der Waals surface area contributed by atoms with Crippen LogP contribution in [0.2, 0.25) is 0 Å². The number of amides is 2. The number of aryl methyl sites for hydroxylation is 1. The molecule has 8 heteroatoms. The van der Waals surface area contributed by atoms with E-state index < -0.39 is 0 Å². The molecule has 0 saturated heterocycles. The van der Waals surface area contributed by atoms with Crippen LogP contribution in [0.5, 0.6) is 0 Å². The highest BCUT2D eigenvalue weighted by molar-refractivity contribution is 7.08. The molecule has 2 aromatic heterocycles. The maximum atomic E-state index is 11.6. The van der Waals surface area contributed by atoms with Crippen molar-refractivity contribution in [2.45, 2.75) is 19.8 Å². The van der Waals surface area contributed by atoms with Crippen LogP contribution in [0.1, 0.15) is 19.2 Å². The average molecular weight is 308 g/mol. The Hall–Kier alpha value is -2.22. The smallest absolute Gasteiger partial charge is 0.239 e. The maximum Gasteiger partial charge on any atom is 0.239 e. The van der Waals surface area contributed by atoms with Crippen LogP contribution in [0, 0.1) is 0 Å². The highest BCUT2D eigenvalue weighted by Gasteiger charge is 2.11. The van der Waals surface area contributed by atoms with Gasteiger partial charge in [0.2, 0.25) is 23.5 Å². The Labute approximate surface area is 125 Å². The van der Waals surface area contributed by atoms with Crippen LogP contribution < -0.4 is 10.6 Å². The Bertz CT molecular complexity index is 594. The van der Waals surface area contributed by atoms with Crippen molar-refractivity contribution < 1.29 is 14.1 Å². The third-order valence-corrected chi connectivity index (χ3v) is 3.32. The van der Waals surface area contributed by atoms with Gasteiger partial charge in [-0.3, -0.25) is 9.59 Å². The van der Waals surface area contributed by atoms with Crippen LogP contribution in [0.15, 0.2) is 21.3 Å². The normalized spacial score (nSPS) is 10.3. The molecule has 0 aliphatic rings. The van der Waals surface area contributed by atoms with Crippen molar-refractivity contribution in [2.24, 2.45) is 0 Å². The first-order valence-corrected chi connectivity index (χ1v) is 7.52. The van der Waals surface area contributed by atoms with Gasteiger partial charge < -0.3 is 15.2 Å². The van der Waals surface area contributed by atoms with Gasteiger partial charge in [-0.25, -0.2) is 0 Å². The lowest BCUT2D eigenvalue weighted by molar-refractivity contribution is -0.126. The molecule has 0 spiro atoms. The van der Waals surface area contributed by atoms with E-state index in [0.29, 0.717) is 24.7 Å². The molecule has 0 saturated carbocycles. The molecule has 112 valence electrons. The summed E-state index contributed by atoms with van der Waals surface area (Å²) in [5, 5.41) is 12.8. The maximum absolute atomic E-state index is 11.6. The van der Waals surface area contributed by atoms with E-state index in [0.717, 1.165) is 5.56 Å². The summed E-state index contributed by atoms with van der Waals surface area (Å²) in [4.78, 5) is 27.0. The summed E-state index contributed by atoms with van der Waals surface area (Å²) in [6.45, 7) is 2.35. The Morgan fingerprint density at radius 1 is 1.33 bits per heavy atom. The molecule has 2 aromatic rings. The molecule has 0 radical (unpaired) electrons. The van der Waals surface area contributed by atoms with Crippen molar-refractivity contribution in [3.63, 3.8) is 0 Å². The molecule has 2 rings (SSSR count). The standard InChI is InChI=1S/C13H16N4O3S/c1-2-14-11(19)7-15-10(18)3-4-12-16-13(17-20-12)9-5-6-21-8-9/h5-6,8H,2-4,7H2,1H3,(H,14,19)(H,15,18). The Balaban J connectivity index is 1.75. The third kappa shape index (κ3) is 4.67. The summed E-state index contributed by atoms with van der Waals surface area (Å²) < 4.78 is 5.09. The zero-order chi connectivity index (χ0) is 15.1. The number of nitrogens with one attached hydrogen (secondary N) is 2. The zero-order valence-corrected chi connectivity index (χ0v) is 12.4. The lowest BCUT2D eigenvalue weighted by Gasteiger charge is -2.03. The molecule has 0 aliphatic heterocycles. The van der Waals surface area contributed by atoms with E-state index in [1.165, 1.54) is 0 Å². The van der Waals surface area contributed by atoms with E-state index in [-0.39, 0.29) is 24.8 Å². The van der Waals surface area contributed by atoms with Crippen molar-refractivity contribution in [3.05, 3.63) is 22.7 Å². The van der Waals surface area contributed by atoms with E-state index in [2.05, 4.69) is 20.8 Å². The summed E-state index contributed by atoms with van der Waals surface area (Å²) in [5.74, 6) is 0.498. The molecule has 0 aliphatic carbocycles. The van der Waals surface area contributed by atoms with Crippen LogP contribution in [-0.2, 0) is 16.0 Å². The predicted molar refractivity (Wildman–Crippen MR) is 77.6 cm³/mol. The van der Waals surface area contributed by atoms with E-state index in [1.54, 1.807) is 11.3 Å². The molecule has 7 nitrogen and oxygen atoms in total. The summed E-state index contributed by atoms with van der Waals surface area (Å²) in [6, 6.07) is 1.90. The van der Waals surface area contributed by atoms with Gasteiger partial charge in [-0.2, -0.15) is 16.3 Å². The fourth-order valence-electron chi connectivity index (χ4n) is 1.61. The first-order valence-electron chi connectivity index (χ1n) is 6.57. The molecule has 21 heavy (non-hydrogen) atoms. The summed E-state index contributed by atoms with van der Waals surface area (Å²) in [5.41, 5.74) is 0.899. The van der Waals surface area contributed by atoms with Gasteiger partial charge in [0.05, 0.1) is 6.54 Å². The van der Waals surface area contributed by atoms with Crippen LogP contribution in [0.4, 0.5) is 0 Å². The number of likely N-dealkylation sites (N-methyl/N-ethyl adjacent to an activating group) is 1. The molecule has 2 heterocycles. The number of rotatable bonds is 7. The van der Waals surface area contributed by atoms with Crippen molar-refractivity contribution in [1.29, 1.82) is 0 Å². The number of thiophene rings is 1. The first kappa shape index (κ1) is 15.2. The molecule has 2 amide bonds. The second-order valence-corrected chi connectivity index (χ2v) is 5.03. The van der Waals surface area contributed by atoms with Gasteiger partial charge in [-0.15, -0.1) is 0 Å². The van der Waals surface area contributed by atoms with E-state index in [4.69, 9.17) is 4.52 Å². The minimum absolute atomic E-state index is 0.0172.